The SMILES string of the molecule is COCc1ccc(C(=O)Nc2cccc3c2CCCC3)cc1. The molecule has 2 aromatic rings. The molecular weight excluding hydrogens is 274 g/mol. The van der Waals surface area contributed by atoms with Gasteiger partial charge in [-0.25, -0.2) is 0 Å². The molecule has 1 N–H and O–H groups in total. The van der Waals surface area contributed by atoms with Crippen LogP contribution in [-0.2, 0) is 24.2 Å². The number of rotatable bonds is 4. The summed E-state index contributed by atoms with van der Waals surface area (Å²) in [7, 11) is 1.67. The van der Waals surface area contributed by atoms with Gasteiger partial charge in [-0.1, -0.05) is 24.3 Å². The van der Waals surface area contributed by atoms with E-state index < -0.39 is 0 Å². The summed E-state index contributed by atoms with van der Waals surface area (Å²) in [5.41, 5.74) is 5.38. The lowest BCUT2D eigenvalue weighted by Gasteiger charge is -2.19. The molecular formula is C19H21NO2. The number of hydrogen-bond donors (Lipinski definition) is 1. The molecule has 0 saturated heterocycles. The topological polar surface area (TPSA) is 38.3 Å². The second-order valence-corrected chi connectivity index (χ2v) is 5.73. The number of anilines is 1. The average molecular weight is 295 g/mol. The normalized spacial score (nSPS) is 13.5. The zero-order valence-corrected chi connectivity index (χ0v) is 12.9. The number of nitrogens with one attached hydrogen (secondary N) is 1. The zero-order valence-electron chi connectivity index (χ0n) is 12.9. The van der Waals surface area contributed by atoms with Gasteiger partial charge in [0.1, 0.15) is 0 Å². The molecule has 0 spiro atoms. The fourth-order valence-corrected chi connectivity index (χ4v) is 3.01. The molecule has 1 aliphatic rings. The van der Waals surface area contributed by atoms with E-state index in [4.69, 9.17) is 4.74 Å². The fraction of sp³-hybridized carbons (Fsp3) is 0.316. The van der Waals surface area contributed by atoms with Gasteiger partial charge in [0.15, 0.2) is 0 Å². The molecule has 1 amide bonds. The Morgan fingerprint density at radius 3 is 2.64 bits per heavy atom. The van der Waals surface area contributed by atoms with Crippen LogP contribution in [0.1, 0.15) is 39.9 Å². The number of methoxy groups -OCH3 is 1. The van der Waals surface area contributed by atoms with Crippen LogP contribution in [0.2, 0.25) is 0 Å². The van der Waals surface area contributed by atoms with Crippen molar-refractivity contribution in [1.29, 1.82) is 0 Å². The third-order valence-corrected chi connectivity index (χ3v) is 4.17. The van der Waals surface area contributed by atoms with Gasteiger partial charge in [-0.3, -0.25) is 4.79 Å². The van der Waals surface area contributed by atoms with E-state index in [2.05, 4.69) is 11.4 Å². The maximum absolute atomic E-state index is 12.4. The molecule has 0 aliphatic heterocycles. The summed E-state index contributed by atoms with van der Waals surface area (Å²) in [6, 6.07) is 13.8. The standard InChI is InChI=1S/C19H21NO2/c1-22-13-14-9-11-16(12-10-14)19(21)20-18-8-4-6-15-5-2-3-7-17(15)18/h4,6,8-12H,2-3,5,7,13H2,1H3,(H,20,21). The third kappa shape index (κ3) is 3.20. The first kappa shape index (κ1) is 14.8. The van der Waals surface area contributed by atoms with Gasteiger partial charge in [0.25, 0.3) is 5.91 Å². The lowest BCUT2D eigenvalue weighted by Crippen LogP contribution is -2.15. The molecule has 1 aliphatic carbocycles. The highest BCUT2D eigenvalue weighted by molar-refractivity contribution is 6.04. The van der Waals surface area contributed by atoms with Crippen molar-refractivity contribution in [2.75, 3.05) is 12.4 Å². The van der Waals surface area contributed by atoms with Gasteiger partial charge in [-0.2, -0.15) is 0 Å². The van der Waals surface area contributed by atoms with Crippen LogP contribution in [-0.4, -0.2) is 13.0 Å². The maximum Gasteiger partial charge on any atom is 0.255 e. The number of hydrogen-bond acceptors (Lipinski definition) is 2. The van der Waals surface area contributed by atoms with Crippen molar-refractivity contribution in [3.8, 4) is 0 Å². The van der Waals surface area contributed by atoms with Gasteiger partial charge in [0.2, 0.25) is 0 Å². The molecule has 22 heavy (non-hydrogen) atoms. The van der Waals surface area contributed by atoms with E-state index in [0.29, 0.717) is 12.2 Å². The second-order valence-electron chi connectivity index (χ2n) is 5.73. The minimum atomic E-state index is -0.0528. The summed E-state index contributed by atoms with van der Waals surface area (Å²) < 4.78 is 5.09. The molecule has 3 heteroatoms. The largest absolute Gasteiger partial charge is 0.380 e. The monoisotopic (exact) mass is 295 g/mol. The van der Waals surface area contributed by atoms with Crippen molar-refractivity contribution in [2.45, 2.75) is 32.3 Å². The van der Waals surface area contributed by atoms with Crippen molar-refractivity contribution in [1.82, 2.24) is 0 Å². The van der Waals surface area contributed by atoms with Gasteiger partial charge in [-0.05, 0) is 60.6 Å². The van der Waals surface area contributed by atoms with Crippen LogP contribution in [0.15, 0.2) is 42.5 Å². The van der Waals surface area contributed by atoms with Gasteiger partial charge in [-0.15, -0.1) is 0 Å². The zero-order chi connectivity index (χ0) is 15.4. The van der Waals surface area contributed by atoms with Crippen molar-refractivity contribution >= 4 is 11.6 Å². The van der Waals surface area contributed by atoms with Gasteiger partial charge >= 0.3 is 0 Å². The number of amides is 1. The summed E-state index contributed by atoms with van der Waals surface area (Å²) in [5.74, 6) is -0.0528. The Balaban J connectivity index is 1.77. The molecule has 3 rings (SSSR count). The second kappa shape index (κ2) is 6.75. The highest BCUT2D eigenvalue weighted by Crippen LogP contribution is 2.28. The number of fused-ring (bicyclic) bond motifs is 1. The first-order valence-corrected chi connectivity index (χ1v) is 7.78. The molecule has 0 bridgehead atoms. The molecule has 0 fully saturated rings. The predicted octanol–water partition coefficient (Wildman–Crippen LogP) is 3.96. The van der Waals surface area contributed by atoms with E-state index in [1.165, 1.54) is 24.0 Å². The Morgan fingerprint density at radius 1 is 1.09 bits per heavy atom. The maximum atomic E-state index is 12.4. The number of ether oxygens (including phenoxy) is 1. The summed E-state index contributed by atoms with van der Waals surface area (Å²) in [5, 5.41) is 3.07. The third-order valence-electron chi connectivity index (χ3n) is 4.17. The number of aryl methyl sites for hydroxylation is 1. The van der Waals surface area contributed by atoms with Crippen LogP contribution < -0.4 is 5.32 Å². The van der Waals surface area contributed by atoms with Crippen LogP contribution >= 0.6 is 0 Å². The van der Waals surface area contributed by atoms with Gasteiger partial charge in [0.05, 0.1) is 6.61 Å². The van der Waals surface area contributed by atoms with Crippen LogP contribution in [0.3, 0.4) is 0 Å². The van der Waals surface area contributed by atoms with E-state index in [1.54, 1.807) is 7.11 Å². The Morgan fingerprint density at radius 2 is 1.86 bits per heavy atom. The molecule has 114 valence electrons. The fourth-order valence-electron chi connectivity index (χ4n) is 3.01. The van der Waals surface area contributed by atoms with Crippen LogP contribution in [0.5, 0.6) is 0 Å². The van der Waals surface area contributed by atoms with E-state index in [9.17, 15) is 4.79 Å². The summed E-state index contributed by atoms with van der Waals surface area (Å²) in [6.07, 6.45) is 4.61. The molecule has 0 radical (unpaired) electrons. The number of carbonyl (C=O) groups excluding carboxylic acids is 1. The average Bonchev–Trinajstić information content (AvgIpc) is 2.56. The van der Waals surface area contributed by atoms with Crippen molar-refractivity contribution < 1.29 is 9.53 Å². The number of carbonyl (C=O) groups is 1. The van der Waals surface area contributed by atoms with E-state index in [0.717, 1.165) is 24.1 Å². The Labute approximate surface area is 131 Å². The molecule has 3 nitrogen and oxygen atoms in total. The molecule has 0 unspecified atom stereocenters. The molecule has 2 aromatic carbocycles. The molecule has 0 aromatic heterocycles. The summed E-state index contributed by atoms with van der Waals surface area (Å²) in [6.45, 7) is 0.564. The minimum Gasteiger partial charge on any atom is -0.380 e. The van der Waals surface area contributed by atoms with E-state index in [-0.39, 0.29) is 5.91 Å². The van der Waals surface area contributed by atoms with Crippen LogP contribution in [0.25, 0.3) is 0 Å². The summed E-state index contributed by atoms with van der Waals surface area (Å²) in [4.78, 5) is 12.4. The number of benzene rings is 2. The van der Waals surface area contributed by atoms with Gasteiger partial charge < -0.3 is 10.1 Å². The van der Waals surface area contributed by atoms with E-state index in [1.807, 2.05) is 36.4 Å². The molecule has 0 heterocycles. The Hall–Kier alpha value is -2.13. The summed E-state index contributed by atoms with van der Waals surface area (Å²) >= 11 is 0. The Kier molecular flexibility index (Phi) is 4.54. The van der Waals surface area contributed by atoms with Crippen LogP contribution in [0.4, 0.5) is 5.69 Å². The lowest BCUT2D eigenvalue weighted by atomic mass is 9.90. The van der Waals surface area contributed by atoms with E-state index >= 15 is 0 Å². The first-order chi connectivity index (χ1) is 10.8. The van der Waals surface area contributed by atoms with Crippen LogP contribution in [0, 0.1) is 0 Å². The highest BCUT2D eigenvalue weighted by Gasteiger charge is 2.15. The Bertz CT molecular complexity index is 662. The molecule has 0 saturated carbocycles. The van der Waals surface area contributed by atoms with Gasteiger partial charge in [0, 0.05) is 18.4 Å². The smallest absolute Gasteiger partial charge is 0.255 e. The highest BCUT2D eigenvalue weighted by atomic mass is 16.5. The first-order valence-electron chi connectivity index (χ1n) is 7.78. The van der Waals surface area contributed by atoms with Crippen molar-refractivity contribution in [2.24, 2.45) is 0 Å². The minimum absolute atomic E-state index is 0.0528. The predicted molar refractivity (Wildman–Crippen MR) is 88.2 cm³/mol. The van der Waals surface area contributed by atoms with Crippen molar-refractivity contribution in [3.05, 3.63) is 64.7 Å². The quantitative estimate of drug-likeness (QED) is 0.927. The van der Waals surface area contributed by atoms with Crippen molar-refractivity contribution in [3.63, 3.8) is 0 Å². The molecule has 0 atom stereocenters. The lowest BCUT2D eigenvalue weighted by molar-refractivity contribution is 0.102.